The van der Waals surface area contributed by atoms with E-state index >= 15 is 0 Å². The Bertz CT molecular complexity index is 470. The van der Waals surface area contributed by atoms with E-state index in [0.717, 1.165) is 18.8 Å². The van der Waals surface area contributed by atoms with Crippen molar-refractivity contribution in [3.63, 3.8) is 0 Å². The molecule has 0 bridgehead atoms. The molecular formula is C17H33N3O2S. The topological polar surface area (TPSA) is 61.4 Å². The van der Waals surface area contributed by atoms with Crippen molar-refractivity contribution in [1.82, 2.24) is 14.9 Å². The van der Waals surface area contributed by atoms with E-state index < -0.39 is 10.0 Å². The largest absolute Gasteiger partial charge is 0.316 e. The van der Waals surface area contributed by atoms with Gasteiger partial charge in [-0.15, -0.1) is 0 Å². The molecule has 23 heavy (non-hydrogen) atoms. The summed E-state index contributed by atoms with van der Waals surface area (Å²) in [5.74, 6) is 1.04. The van der Waals surface area contributed by atoms with Gasteiger partial charge in [-0.2, -0.15) is 0 Å². The highest BCUT2D eigenvalue weighted by molar-refractivity contribution is 7.89. The average Bonchev–Trinajstić information content (AvgIpc) is 3.05. The maximum absolute atomic E-state index is 11.7. The minimum Gasteiger partial charge on any atom is -0.316 e. The Hall–Kier alpha value is -0.170. The van der Waals surface area contributed by atoms with E-state index in [1.165, 1.54) is 64.8 Å². The molecule has 2 aliphatic heterocycles. The summed E-state index contributed by atoms with van der Waals surface area (Å²) >= 11 is 0. The zero-order valence-corrected chi connectivity index (χ0v) is 15.3. The normalized spacial score (nSPS) is 30.0. The Morgan fingerprint density at radius 2 is 1.83 bits per heavy atom. The second-order valence-electron chi connectivity index (χ2n) is 7.95. The molecule has 1 spiro atoms. The number of hydrogen-bond acceptors (Lipinski definition) is 4. The van der Waals surface area contributed by atoms with Crippen LogP contribution in [0, 0.1) is 11.3 Å². The summed E-state index contributed by atoms with van der Waals surface area (Å²) in [5, 5.41) is 3.46. The molecule has 0 radical (unpaired) electrons. The van der Waals surface area contributed by atoms with Crippen LogP contribution in [0.5, 0.6) is 0 Å². The molecule has 0 aromatic carbocycles. The van der Waals surface area contributed by atoms with Gasteiger partial charge in [-0.25, -0.2) is 13.1 Å². The van der Waals surface area contributed by atoms with Crippen molar-refractivity contribution in [2.45, 2.75) is 57.9 Å². The second kappa shape index (κ2) is 7.38. The van der Waals surface area contributed by atoms with Gasteiger partial charge < -0.3 is 10.2 Å². The van der Waals surface area contributed by atoms with Crippen LogP contribution in [0.1, 0.15) is 51.9 Å². The summed E-state index contributed by atoms with van der Waals surface area (Å²) in [5.41, 5.74) is 0.499. The van der Waals surface area contributed by atoms with Crippen molar-refractivity contribution in [1.29, 1.82) is 0 Å². The first kappa shape index (κ1) is 17.6. The molecule has 0 aromatic rings. The molecule has 3 rings (SSSR count). The van der Waals surface area contributed by atoms with Gasteiger partial charge in [-0.1, -0.05) is 0 Å². The molecule has 0 aromatic heterocycles. The second-order valence-corrected chi connectivity index (χ2v) is 10.00. The molecule has 2 heterocycles. The van der Waals surface area contributed by atoms with Gasteiger partial charge in [-0.3, -0.25) is 0 Å². The molecule has 0 unspecified atom stereocenters. The van der Waals surface area contributed by atoms with Gasteiger partial charge in [0.25, 0.3) is 0 Å². The van der Waals surface area contributed by atoms with Gasteiger partial charge in [0.1, 0.15) is 0 Å². The van der Waals surface area contributed by atoms with Crippen molar-refractivity contribution >= 4 is 10.0 Å². The average molecular weight is 344 g/mol. The monoisotopic (exact) mass is 343 g/mol. The molecule has 1 atom stereocenters. The number of rotatable bonds is 5. The molecule has 3 fully saturated rings. The van der Waals surface area contributed by atoms with Gasteiger partial charge in [0, 0.05) is 12.6 Å². The molecule has 2 saturated heterocycles. The van der Waals surface area contributed by atoms with Crippen LogP contribution >= 0.6 is 0 Å². The maximum atomic E-state index is 11.7. The number of nitrogens with one attached hydrogen (secondary N) is 2. The van der Waals surface area contributed by atoms with E-state index in [1.54, 1.807) is 6.92 Å². The minimum absolute atomic E-state index is 0.174. The van der Waals surface area contributed by atoms with Gasteiger partial charge in [0.15, 0.2) is 0 Å². The third-order valence-corrected chi connectivity index (χ3v) is 7.82. The quantitative estimate of drug-likeness (QED) is 0.795. The fraction of sp³-hybridized carbons (Fsp3) is 1.00. The summed E-state index contributed by atoms with van der Waals surface area (Å²) < 4.78 is 26.3. The van der Waals surface area contributed by atoms with Crippen LogP contribution in [0.25, 0.3) is 0 Å². The van der Waals surface area contributed by atoms with Crippen LogP contribution in [-0.4, -0.2) is 57.8 Å². The first-order chi connectivity index (χ1) is 11.0. The highest BCUT2D eigenvalue weighted by Gasteiger charge is 2.39. The smallest absolute Gasteiger partial charge is 0.211 e. The highest BCUT2D eigenvalue weighted by atomic mass is 32.2. The number of nitrogens with zero attached hydrogens (tertiary/aromatic N) is 1. The molecule has 5 nitrogen and oxygen atoms in total. The van der Waals surface area contributed by atoms with E-state index in [0.29, 0.717) is 5.41 Å². The van der Waals surface area contributed by atoms with Crippen LogP contribution in [0.15, 0.2) is 0 Å². The Balaban J connectivity index is 1.43. The lowest BCUT2D eigenvalue weighted by atomic mass is 9.67. The lowest BCUT2D eigenvalue weighted by molar-refractivity contribution is 0.0550. The predicted molar refractivity (Wildman–Crippen MR) is 93.9 cm³/mol. The highest BCUT2D eigenvalue weighted by Crippen LogP contribution is 2.44. The lowest BCUT2D eigenvalue weighted by Crippen LogP contribution is -2.46. The molecule has 3 aliphatic rings. The van der Waals surface area contributed by atoms with Crippen molar-refractivity contribution in [2.24, 2.45) is 11.3 Å². The summed E-state index contributed by atoms with van der Waals surface area (Å²) in [4.78, 5) is 2.66. The number of sulfonamides is 1. The fourth-order valence-electron chi connectivity index (χ4n) is 4.63. The van der Waals surface area contributed by atoms with Gasteiger partial charge >= 0.3 is 0 Å². The number of piperidine rings is 1. The summed E-state index contributed by atoms with van der Waals surface area (Å²) in [7, 11) is -3.05. The summed E-state index contributed by atoms with van der Waals surface area (Å²) in [6.07, 6.45) is 8.38. The van der Waals surface area contributed by atoms with Crippen LogP contribution in [-0.2, 0) is 10.0 Å². The van der Waals surface area contributed by atoms with E-state index in [4.69, 9.17) is 0 Å². The third kappa shape index (κ3) is 4.68. The van der Waals surface area contributed by atoms with E-state index in [1.807, 2.05) is 0 Å². The Kier molecular flexibility index (Phi) is 5.66. The predicted octanol–water partition coefficient (Wildman–Crippen LogP) is 1.56. The molecular weight excluding hydrogens is 310 g/mol. The van der Waals surface area contributed by atoms with Crippen LogP contribution < -0.4 is 10.0 Å². The van der Waals surface area contributed by atoms with Crippen molar-refractivity contribution in [3.8, 4) is 0 Å². The number of likely N-dealkylation sites (tertiary alicyclic amines) is 1. The van der Waals surface area contributed by atoms with Gasteiger partial charge in [0.2, 0.25) is 10.0 Å². The van der Waals surface area contributed by atoms with E-state index in [2.05, 4.69) is 14.9 Å². The Morgan fingerprint density at radius 1 is 1.13 bits per heavy atom. The molecule has 134 valence electrons. The molecule has 6 heteroatoms. The van der Waals surface area contributed by atoms with Crippen molar-refractivity contribution in [3.05, 3.63) is 0 Å². The maximum Gasteiger partial charge on any atom is 0.211 e. The van der Waals surface area contributed by atoms with Crippen LogP contribution in [0.3, 0.4) is 0 Å². The third-order valence-electron chi connectivity index (χ3n) is 6.37. The Morgan fingerprint density at radius 3 is 2.39 bits per heavy atom. The van der Waals surface area contributed by atoms with Crippen molar-refractivity contribution in [2.75, 3.05) is 38.5 Å². The fourth-order valence-corrected chi connectivity index (χ4v) is 5.54. The lowest BCUT2D eigenvalue weighted by Gasteiger charge is -2.46. The van der Waals surface area contributed by atoms with Crippen LogP contribution in [0.2, 0.25) is 0 Å². The molecule has 0 amide bonds. The number of hydrogen-bond donors (Lipinski definition) is 2. The zero-order chi connectivity index (χ0) is 16.3. The molecule has 1 saturated carbocycles. The minimum atomic E-state index is -3.05. The molecule has 1 aliphatic carbocycles. The Labute approximate surface area is 141 Å². The molecule has 2 N–H and O–H groups in total. The standard InChI is InChI=1S/C17H33N3O2S/c1-2-23(21,22)19-16-3-6-17(7-4-16)8-11-20(12-9-17)14-15-5-10-18-13-15/h15-16,18-19H,2-14H2,1H3/t15-/m1/s1. The van der Waals surface area contributed by atoms with E-state index in [9.17, 15) is 8.42 Å². The van der Waals surface area contributed by atoms with Gasteiger partial charge in [0.05, 0.1) is 5.75 Å². The summed E-state index contributed by atoms with van der Waals surface area (Å²) in [6, 6.07) is 0.174. The zero-order valence-electron chi connectivity index (χ0n) is 14.5. The van der Waals surface area contributed by atoms with Crippen LogP contribution in [0.4, 0.5) is 0 Å². The van der Waals surface area contributed by atoms with Gasteiger partial charge in [-0.05, 0) is 89.4 Å². The first-order valence-corrected chi connectivity index (χ1v) is 11.1. The van der Waals surface area contributed by atoms with Crippen molar-refractivity contribution < 1.29 is 8.42 Å². The SMILES string of the molecule is CCS(=O)(=O)NC1CCC2(CC1)CCN(C[C@@H]1CCNC1)CC2. The van der Waals surface area contributed by atoms with E-state index in [-0.39, 0.29) is 11.8 Å². The summed E-state index contributed by atoms with van der Waals surface area (Å²) in [6.45, 7) is 7.84. The first-order valence-electron chi connectivity index (χ1n) is 9.43.